The normalized spacial score (nSPS) is 12.7. The van der Waals surface area contributed by atoms with Gasteiger partial charge in [-0.2, -0.15) is 0 Å². The number of nitrogens with zero attached hydrogens (tertiary/aromatic N) is 3. The number of aromatic nitrogens is 3. The summed E-state index contributed by atoms with van der Waals surface area (Å²) in [6.45, 7) is 1.94. The molecule has 1 unspecified atom stereocenters. The third kappa shape index (κ3) is 2.57. The Balaban J connectivity index is 2.07. The van der Waals surface area contributed by atoms with Crippen LogP contribution in [0.15, 0.2) is 24.0 Å². The molecule has 1 N–H and O–H groups in total. The molecule has 0 amide bonds. The van der Waals surface area contributed by atoms with Gasteiger partial charge in [0, 0.05) is 23.7 Å². The molecule has 2 heterocycles. The molecule has 2 aromatic heterocycles. The van der Waals surface area contributed by atoms with Crippen molar-refractivity contribution >= 4 is 11.3 Å². The van der Waals surface area contributed by atoms with E-state index in [-0.39, 0.29) is 0 Å². The lowest BCUT2D eigenvalue weighted by atomic mass is 10.2. The average Bonchev–Trinajstić information content (AvgIpc) is 2.65. The second-order valence-corrected chi connectivity index (χ2v) is 4.18. The smallest absolute Gasteiger partial charge is 0.115 e. The average molecular weight is 221 g/mol. The molecule has 0 bridgehead atoms. The van der Waals surface area contributed by atoms with Gasteiger partial charge in [-0.25, -0.2) is 15.0 Å². The summed E-state index contributed by atoms with van der Waals surface area (Å²) in [7, 11) is 0. The van der Waals surface area contributed by atoms with E-state index in [2.05, 4.69) is 15.0 Å². The maximum absolute atomic E-state index is 9.86. The van der Waals surface area contributed by atoms with Gasteiger partial charge in [-0.3, -0.25) is 0 Å². The third-order valence-electron chi connectivity index (χ3n) is 1.98. The van der Waals surface area contributed by atoms with E-state index in [1.54, 1.807) is 23.6 Å². The molecule has 0 spiro atoms. The summed E-state index contributed by atoms with van der Waals surface area (Å²) in [6, 6.07) is 1.71. The second kappa shape index (κ2) is 4.46. The predicted octanol–water partition coefficient (Wildman–Crippen LogP) is 1.52. The van der Waals surface area contributed by atoms with Gasteiger partial charge in [0.15, 0.2) is 0 Å². The maximum atomic E-state index is 9.86. The van der Waals surface area contributed by atoms with Crippen LogP contribution in [0.2, 0.25) is 0 Å². The minimum atomic E-state index is -0.599. The Kier molecular flexibility index (Phi) is 3.03. The first-order valence-electron chi connectivity index (χ1n) is 4.60. The molecule has 0 aliphatic rings. The Labute approximate surface area is 91.7 Å². The molecule has 0 aromatic carbocycles. The zero-order chi connectivity index (χ0) is 10.7. The quantitative estimate of drug-likeness (QED) is 0.853. The van der Waals surface area contributed by atoms with Gasteiger partial charge in [0.1, 0.15) is 12.4 Å². The molecule has 5 heteroatoms. The summed E-state index contributed by atoms with van der Waals surface area (Å²) < 4.78 is 0. The molecule has 0 aliphatic heterocycles. The van der Waals surface area contributed by atoms with Gasteiger partial charge in [-0.15, -0.1) is 11.3 Å². The van der Waals surface area contributed by atoms with Crippen molar-refractivity contribution in [3.63, 3.8) is 0 Å². The highest BCUT2D eigenvalue weighted by molar-refractivity contribution is 7.09. The van der Waals surface area contributed by atoms with E-state index >= 15 is 0 Å². The molecule has 1 atom stereocenters. The van der Waals surface area contributed by atoms with Crippen LogP contribution < -0.4 is 0 Å². The molecule has 15 heavy (non-hydrogen) atoms. The number of rotatable bonds is 3. The van der Waals surface area contributed by atoms with Crippen molar-refractivity contribution in [2.75, 3.05) is 0 Å². The minimum absolute atomic E-state index is 0.509. The summed E-state index contributed by atoms with van der Waals surface area (Å²) >= 11 is 1.56. The summed E-state index contributed by atoms with van der Waals surface area (Å²) in [5, 5.41) is 12.8. The van der Waals surface area contributed by atoms with Crippen LogP contribution in [0, 0.1) is 6.92 Å². The molecule has 2 aromatic rings. The Morgan fingerprint density at radius 2 is 2.40 bits per heavy atom. The fraction of sp³-hybridized carbons (Fsp3) is 0.300. The lowest BCUT2D eigenvalue weighted by Gasteiger charge is -2.06. The summed E-state index contributed by atoms with van der Waals surface area (Å²) in [6.07, 6.45) is 2.97. The van der Waals surface area contributed by atoms with Crippen LogP contribution in [0.25, 0.3) is 0 Å². The fourth-order valence-electron chi connectivity index (χ4n) is 1.26. The second-order valence-electron chi connectivity index (χ2n) is 3.24. The van der Waals surface area contributed by atoms with Gasteiger partial charge < -0.3 is 5.11 Å². The SMILES string of the molecule is Cc1csc(CC(O)c2ccncn2)n1. The first kappa shape index (κ1) is 10.2. The van der Waals surface area contributed by atoms with Crippen LogP contribution in [-0.2, 0) is 6.42 Å². The van der Waals surface area contributed by atoms with Crippen LogP contribution in [0.4, 0.5) is 0 Å². The van der Waals surface area contributed by atoms with Crippen LogP contribution in [-0.4, -0.2) is 20.1 Å². The van der Waals surface area contributed by atoms with Gasteiger partial charge in [-0.05, 0) is 13.0 Å². The van der Waals surface area contributed by atoms with Crippen molar-refractivity contribution in [3.05, 3.63) is 40.4 Å². The Bertz CT molecular complexity index is 429. The van der Waals surface area contributed by atoms with Crippen LogP contribution in [0.3, 0.4) is 0 Å². The molecule has 0 fully saturated rings. The Hall–Kier alpha value is -1.33. The lowest BCUT2D eigenvalue weighted by molar-refractivity contribution is 0.173. The van der Waals surface area contributed by atoms with Crippen molar-refractivity contribution in [3.8, 4) is 0 Å². The predicted molar refractivity (Wildman–Crippen MR) is 57.5 cm³/mol. The molecule has 4 nitrogen and oxygen atoms in total. The summed E-state index contributed by atoms with van der Waals surface area (Å²) in [5.41, 5.74) is 1.63. The van der Waals surface area contributed by atoms with E-state index in [4.69, 9.17) is 0 Å². The minimum Gasteiger partial charge on any atom is -0.386 e. The fourth-order valence-corrected chi connectivity index (χ4v) is 2.07. The monoisotopic (exact) mass is 221 g/mol. The molecular weight excluding hydrogens is 210 g/mol. The van der Waals surface area contributed by atoms with Gasteiger partial charge in [0.25, 0.3) is 0 Å². The number of aryl methyl sites for hydroxylation is 1. The third-order valence-corrected chi connectivity index (χ3v) is 2.97. The number of aliphatic hydroxyl groups excluding tert-OH is 1. The maximum Gasteiger partial charge on any atom is 0.115 e. The molecule has 2 rings (SSSR count). The number of thiazole rings is 1. The van der Waals surface area contributed by atoms with Crippen molar-refractivity contribution in [1.82, 2.24) is 15.0 Å². The molecule has 0 saturated carbocycles. The zero-order valence-corrected chi connectivity index (χ0v) is 9.11. The molecule has 0 aliphatic carbocycles. The van der Waals surface area contributed by atoms with Crippen molar-refractivity contribution in [2.45, 2.75) is 19.4 Å². The van der Waals surface area contributed by atoms with Crippen molar-refractivity contribution < 1.29 is 5.11 Å². The standard InChI is InChI=1S/C10H11N3OS/c1-7-5-15-10(13-7)4-9(14)8-2-3-11-6-12-8/h2-3,5-6,9,14H,4H2,1H3. The highest BCUT2D eigenvalue weighted by atomic mass is 32.1. The van der Waals surface area contributed by atoms with Gasteiger partial charge >= 0.3 is 0 Å². The van der Waals surface area contributed by atoms with Gasteiger partial charge in [-0.1, -0.05) is 0 Å². The number of aliphatic hydroxyl groups is 1. The molecule has 78 valence electrons. The number of hydrogen-bond donors (Lipinski definition) is 1. The van der Waals surface area contributed by atoms with Crippen LogP contribution in [0.1, 0.15) is 22.5 Å². The lowest BCUT2D eigenvalue weighted by Crippen LogP contribution is -2.03. The van der Waals surface area contributed by atoms with Crippen LogP contribution >= 0.6 is 11.3 Å². The zero-order valence-electron chi connectivity index (χ0n) is 8.29. The molecule has 0 radical (unpaired) electrons. The first-order valence-corrected chi connectivity index (χ1v) is 5.48. The molecular formula is C10H11N3OS. The van der Waals surface area contributed by atoms with Gasteiger partial charge in [0.05, 0.1) is 10.7 Å². The summed E-state index contributed by atoms with van der Waals surface area (Å²) in [4.78, 5) is 12.1. The highest BCUT2D eigenvalue weighted by Gasteiger charge is 2.11. The molecule has 0 saturated heterocycles. The largest absolute Gasteiger partial charge is 0.386 e. The van der Waals surface area contributed by atoms with E-state index in [1.165, 1.54) is 6.33 Å². The van der Waals surface area contributed by atoms with Crippen molar-refractivity contribution in [1.29, 1.82) is 0 Å². The Morgan fingerprint density at radius 1 is 1.53 bits per heavy atom. The van der Waals surface area contributed by atoms with E-state index in [0.717, 1.165) is 10.7 Å². The van der Waals surface area contributed by atoms with Crippen LogP contribution in [0.5, 0.6) is 0 Å². The van der Waals surface area contributed by atoms with Gasteiger partial charge in [0.2, 0.25) is 0 Å². The van der Waals surface area contributed by atoms with E-state index in [1.807, 2.05) is 12.3 Å². The number of hydrogen-bond acceptors (Lipinski definition) is 5. The summed E-state index contributed by atoms with van der Waals surface area (Å²) in [5.74, 6) is 0. The first-order chi connectivity index (χ1) is 7.25. The Morgan fingerprint density at radius 3 is 3.00 bits per heavy atom. The van der Waals surface area contributed by atoms with E-state index < -0.39 is 6.10 Å². The van der Waals surface area contributed by atoms with E-state index in [9.17, 15) is 5.11 Å². The topological polar surface area (TPSA) is 58.9 Å². The van der Waals surface area contributed by atoms with E-state index in [0.29, 0.717) is 12.1 Å². The van der Waals surface area contributed by atoms with Crippen molar-refractivity contribution in [2.24, 2.45) is 0 Å². The highest BCUT2D eigenvalue weighted by Crippen LogP contribution is 2.18.